The molecule has 0 N–H and O–H groups in total. The fourth-order valence-electron chi connectivity index (χ4n) is 2.40. The van der Waals surface area contributed by atoms with Crippen molar-refractivity contribution >= 4 is 42.3 Å². The summed E-state index contributed by atoms with van der Waals surface area (Å²) >= 11 is 5.24. The number of para-hydroxylation sites is 1. The van der Waals surface area contributed by atoms with E-state index in [1.165, 1.54) is 22.6 Å². The van der Waals surface area contributed by atoms with Gasteiger partial charge in [0.15, 0.2) is 0 Å². The van der Waals surface area contributed by atoms with E-state index in [0.717, 1.165) is 10.4 Å². The molecular formula is C13H10BrN2PS. The van der Waals surface area contributed by atoms with Gasteiger partial charge >= 0.3 is 0 Å². The Morgan fingerprint density at radius 1 is 1.28 bits per heavy atom. The van der Waals surface area contributed by atoms with Gasteiger partial charge in [0.05, 0.1) is 4.95 Å². The number of thiophene rings is 1. The van der Waals surface area contributed by atoms with E-state index in [1.54, 1.807) is 0 Å². The smallest absolute Gasteiger partial charge is 0.110 e. The molecule has 1 aliphatic heterocycles. The normalized spacial score (nSPS) is 21.7. The van der Waals surface area contributed by atoms with E-state index in [4.69, 9.17) is 0 Å². The van der Waals surface area contributed by atoms with Crippen molar-refractivity contribution in [2.24, 2.45) is 0 Å². The largest absolute Gasteiger partial charge is 0.342 e. The lowest BCUT2D eigenvalue weighted by Crippen LogP contribution is -2.19. The number of benzene rings is 1. The summed E-state index contributed by atoms with van der Waals surface area (Å²) in [5.41, 5.74) is 3.58. The van der Waals surface area contributed by atoms with Gasteiger partial charge in [-0.25, -0.2) is 0 Å². The molecule has 3 atom stereocenters. The maximum absolute atomic E-state index is 9.19. The Balaban J connectivity index is 2.17. The first-order valence-electron chi connectivity index (χ1n) is 5.48. The van der Waals surface area contributed by atoms with Crippen LogP contribution in [0.5, 0.6) is 0 Å². The summed E-state index contributed by atoms with van der Waals surface area (Å²) in [5, 5.41) is 11.2. The van der Waals surface area contributed by atoms with E-state index < -0.39 is 0 Å². The lowest BCUT2D eigenvalue weighted by atomic mass is 9.94. The zero-order valence-electron chi connectivity index (χ0n) is 9.38. The highest BCUT2D eigenvalue weighted by Gasteiger charge is 2.37. The number of anilines is 1. The van der Waals surface area contributed by atoms with Crippen molar-refractivity contribution in [3.63, 3.8) is 0 Å². The van der Waals surface area contributed by atoms with Gasteiger partial charge in [0.25, 0.3) is 0 Å². The van der Waals surface area contributed by atoms with Gasteiger partial charge in [-0.1, -0.05) is 34.1 Å². The minimum Gasteiger partial charge on any atom is -0.342 e. The first-order chi connectivity index (χ1) is 8.74. The Hall–Kier alpha value is -0.880. The van der Waals surface area contributed by atoms with Crippen LogP contribution in [0.3, 0.4) is 0 Å². The molecule has 1 aromatic carbocycles. The number of nitrogens with zero attached hydrogens (tertiary/aromatic N) is 2. The average Bonchev–Trinajstić information content (AvgIpc) is 2.95. The Morgan fingerprint density at radius 2 is 2.06 bits per heavy atom. The van der Waals surface area contributed by atoms with E-state index in [2.05, 4.69) is 54.3 Å². The molecule has 0 amide bonds. The second-order valence-corrected chi connectivity index (χ2v) is 6.54. The van der Waals surface area contributed by atoms with Crippen LogP contribution in [0.2, 0.25) is 0 Å². The summed E-state index contributed by atoms with van der Waals surface area (Å²) in [7, 11) is 2.75. The molecule has 3 rings (SSSR count). The van der Waals surface area contributed by atoms with Crippen LogP contribution in [0.1, 0.15) is 21.9 Å². The van der Waals surface area contributed by atoms with Gasteiger partial charge in [-0.05, 0) is 38.0 Å². The number of nitriles is 1. The molecule has 2 heterocycles. The Morgan fingerprint density at radius 3 is 2.83 bits per heavy atom. The first-order valence-corrected chi connectivity index (χ1v) is 7.79. The monoisotopic (exact) mass is 336 g/mol. The summed E-state index contributed by atoms with van der Waals surface area (Å²) in [6.07, 6.45) is 0. The van der Waals surface area contributed by atoms with Gasteiger partial charge < -0.3 is 4.67 Å². The maximum atomic E-state index is 9.19. The molecule has 90 valence electrons. The molecule has 0 radical (unpaired) electrons. The number of hydrogen-bond acceptors (Lipinski definition) is 3. The highest BCUT2D eigenvalue weighted by molar-refractivity contribution is 9.09. The molecule has 18 heavy (non-hydrogen) atoms. The van der Waals surface area contributed by atoms with Gasteiger partial charge in [0.2, 0.25) is 0 Å². The van der Waals surface area contributed by atoms with Gasteiger partial charge in [-0.2, -0.15) is 5.26 Å². The number of hydrogen-bond donors (Lipinski definition) is 0. The highest BCUT2D eigenvalue weighted by atomic mass is 79.9. The Labute approximate surface area is 121 Å². The summed E-state index contributed by atoms with van der Waals surface area (Å²) in [6.45, 7) is 0. The van der Waals surface area contributed by atoms with Gasteiger partial charge in [0.1, 0.15) is 10.9 Å². The van der Waals surface area contributed by atoms with E-state index in [-0.39, 0.29) is 10.9 Å². The number of alkyl halides is 1. The van der Waals surface area contributed by atoms with Crippen molar-refractivity contribution in [3.8, 4) is 6.07 Å². The predicted octanol–water partition coefficient (Wildman–Crippen LogP) is 4.08. The number of rotatable bonds is 1. The fourth-order valence-corrected chi connectivity index (χ4v) is 4.33. The standard InChI is InChI=1S/C13H10BrN2PS/c14-13-12(9-5-6-18-11(9)7-15)8-3-1-2-4-10(8)16(13)17/h1-6,12-13H,17H2/t12?,13-/m0/s1. The molecule has 1 aliphatic rings. The van der Waals surface area contributed by atoms with Crippen LogP contribution in [-0.4, -0.2) is 4.95 Å². The van der Waals surface area contributed by atoms with Crippen molar-refractivity contribution in [2.45, 2.75) is 10.9 Å². The van der Waals surface area contributed by atoms with Crippen LogP contribution in [0.15, 0.2) is 35.7 Å². The SMILES string of the molecule is N#Cc1sccc1C1c2ccccc2N(P)[C@@H]1Br. The van der Waals surface area contributed by atoms with Crippen molar-refractivity contribution in [1.82, 2.24) is 0 Å². The van der Waals surface area contributed by atoms with Gasteiger partial charge in [-0.15, -0.1) is 11.3 Å². The first kappa shape index (κ1) is 12.2. The molecule has 0 spiro atoms. The lowest BCUT2D eigenvalue weighted by Gasteiger charge is -2.20. The van der Waals surface area contributed by atoms with Gasteiger partial charge in [0, 0.05) is 11.6 Å². The number of halogens is 1. The van der Waals surface area contributed by atoms with E-state index in [9.17, 15) is 5.26 Å². The Bertz CT molecular complexity index is 634. The third-order valence-electron chi connectivity index (χ3n) is 3.22. The average molecular weight is 337 g/mol. The van der Waals surface area contributed by atoms with Crippen LogP contribution in [-0.2, 0) is 0 Å². The molecule has 5 heteroatoms. The van der Waals surface area contributed by atoms with Crippen molar-refractivity contribution in [1.29, 1.82) is 5.26 Å². The molecule has 0 aliphatic carbocycles. The van der Waals surface area contributed by atoms with Crippen molar-refractivity contribution in [2.75, 3.05) is 4.67 Å². The third-order valence-corrected chi connectivity index (χ3v) is 6.06. The van der Waals surface area contributed by atoms with Crippen LogP contribution in [0.25, 0.3) is 0 Å². The second-order valence-electron chi connectivity index (χ2n) is 4.13. The Kier molecular flexibility index (Phi) is 3.15. The van der Waals surface area contributed by atoms with Crippen LogP contribution in [0.4, 0.5) is 5.69 Å². The highest BCUT2D eigenvalue weighted by Crippen LogP contribution is 2.49. The van der Waals surface area contributed by atoms with Crippen molar-refractivity contribution in [3.05, 3.63) is 51.7 Å². The maximum Gasteiger partial charge on any atom is 0.110 e. The molecule has 2 unspecified atom stereocenters. The third kappa shape index (κ3) is 1.70. The molecule has 2 aromatic rings. The van der Waals surface area contributed by atoms with Crippen LogP contribution < -0.4 is 4.67 Å². The van der Waals surface area contributed by atoms with Crippen molar-refractivity contribution < 1.29 is 0 Å². The van der Waals surface area contributed by atoms with Crippen LogP contribution >= 0.6 is 36.7 Å². The minimum atomic E-state index is 0.168. The van der Waals surface area contributed by atoms with E-state index in [0.29, 0.717) is 0 Å². The second kappa shape index (κ2) is 4.66. The predicted molar refractivity (Wildman–Crippen MR) is 82.2 cm³/mol. The van der Waals surface area contributed by atoms with Crippen LogP contribution in [0, 0.1) is 11.3 Å². The van der Waals surface area contributed by atoms with Gasteiger partial charge in [-0.3, -0.25) is 0 Å². The molecule has 0 saturated heterocycles. The zero-order valence-corrected chi connectivity index (χ0v) is 12.9. The molecule has 0 bridgehead atoms. The lowest BCUT2D eigenvalue weighted by molar-refractivity contribution is 0.845. The molecule has 1 aromatic heterocycles. The number of fused-ring (bicyclic) bond motifs is 1. The zero-order chi connectivity index (χ0) is 12.7. The summed E-state index contributed by atoms with van der Waals surface area (Å²) in [5.74, 6) is 0.208. The summed E-state index contributed by atoms with van der Waals surface area (Å²) in [6, 6.07) is 12.7. The topological polar surface area (TPSA) is 27.0 Å². The van der Waals surface area contributed by atoms with E-state index >= 15 is 0 Å². The van der Waals surface area contributed by atoms with E-state index in [1.807, 2.05) is 17.5 Å². The minimum absolute atomic E-state index is 0.168. The summed E-state index contributed by atoms with van der Waals surface area (Å²) < 4.78 is 2.14. The summed E-state index contributed by atoms with van der Waals surface area (Å²) in [4.78, 5) is 0.973. The fraction of sp³-hybridized carbons (Fsp3) is 0.154. The molecule has 0 saturated carbocycles. The molecular weight excluding hydrogens is 327 g/mol. The molecule has 0 fully saturated rings. The quantitative estimate of drug-likeness (QED) is 0.445. The molecule has 2 nitrogen and oxygen atoms in total.